The monoisotopic (exact) mass is 425 g/mol. The van der Waals surface area contributed by atoms with Gasteiger partial charge in [-0.05, 0) is 48.7 Å². The van der Waals surface area contributed by atoms with E-state index in [1.807, 2.05) is 0 Å². The largest absolute Gasteiger partial charge is 0.493 e. The highest BCUT2D eigenvalue weighted by Crippen LogP contribution is 2.47. The highest BCUT2D eigenvalue weighted by Gasteiger charge is 2.40. The topological polar surface area (TPSA) is 65.1 Å². The lowest BCUT2D eigenvalue weighted by molar-refractivity contribution is -0.119. The average molecular weight is 425 g/mol. The molecule has 1 heterocycles. The number of nitrogens with zero attached hydrogens (tertiary/aromatic N) is 1. The quantitative estimate of drug-likeness (QED) is 0.711. The molecule has 0 saturated heterocycles. The maximum Gasteiger partial charge on any atom is 0.232 e. The lowest BCUT2D eigenvalue weighted by Gasteiger charge is -2.38. The molecule has 0 saturated carbocycles. The van der Waals surface area contributed by atoms with Crippen LogP contribution in [0.4, 0.5) is 10.1 Å². The third-order valence-corrected chi connectivity index (χ3v) is 5.83. The molecule has 2 aliphatic rings. The molecule has 0 fully saturated rings. The minimum atomic E-state index is -0.436. The summed E-state index contributed by atoms with van der Waals surface area (Å²) in [5.41, 5.74) is 2.43. The smallest absolute Gasteiger partial charge is 0.232 e. The molecule has 7 heteroatoms. The molecule has 1 amide bonds. The van der Waals surface area contributed by atoms with E-state index in [0.29, 0.717) is 53.5 Å². The second-order valence-corrected chi connectivity index (χ2v) is 7.56. The van der Waals surface area contributed by atoms with Crippen LogP contribution in [0.5, 0.6) is 17.2 Å². The minimum Gasteiger partial charge on any atom is -0.493 e. The van der Waals surface area contributed by atoms with E-state index in [1.165, 1.54) is 38.4 Å². The Morgan fingerprint density at radius 1 is 0.968 bits per heavy atom. The van der Waals surface area contributed by atoms with Crippen LogP contribution in [0, 0.1) is 5.82 Å². The number of amides is 1. The highest BCUT2D eigenvalue weighted by molar-refractivity contribution is 6.07. The summed E-state index contributed by atoms with van der Waals surface area (Å²) in [6, 6.07) is 9.46. The van der Waals surface area contributed by atoms with Gasteiger partial charge in [0.15, 0.2) is 17.3 Å². The van der Waals surface area contributed by atoms with Gasteiger partial charge in [-0.2, -0.15) is 0 Å². The summed E-state index contributed by atoms with van der Waals surface area (Å²) in [4.78, 5) is 27.8. The van der Waals surface area contributed by atoms with Gasteiger partial charge in [0.25, 0.3) is 0 Å². The zero-order valence-corrected chi connectivity index (χ0v) is 17.7. The molecule has 0 N–H and O–H groups in total. The van der Waals surface area contributed by atoms with E-state index in [0.717, 1.165) is 5.56 Å². The number of anilines is 1. The number of halogens is 1. The Morgan fingerprint density at radius 3 is 2.29 bits per heavy atom. The van der Waals surface area contributed by atoms with Gasteiger partial charge in [0.2, 0.25) is 11.7 Å². The average Bonchev–Trinajstić information content (AvgIpc) is 2.77. The molecule has 6 nitrogen and oxygen atoms in total. The number of carbonyl (C=O) groups is 2. The second kappa shape index (κ2) is 8.41. The van der Waals surface area contributed by atoms with E-state index < -0.39 is 11.7 Å². The van der Waals surface area contributed by atoms with Crippen LogP contribution in [0.3, 0.4) is 0 Å². The first-order valence-corrected chi connectivity index (χ1v) is 10.1. The first-order valence-electron chi connectivity index (χ1n) is 10.1. The Labute approximate surface area is 180 Å². The molecule has 4 rings (SSSR count). The molecule has 1 atom stereocenters. The summed E-state index contributed by atoms with van der Waals surface area (Å²) in [6.45, 7) is 0. The van der Waals surface area contributed by atoms with Crippen LogP contribution in [0.2, 0.25) is 0 Å². The number of ketones is 1. The van der Waals surface area contributed by atoms with Gasteiger partial charge < -0.3 is 14.2 Å². The van der Waals surface area contributed by atoms with Gasteiger partial charge in [0.05, 0.1) is 27.0 Å². The van der Waals surface area contributed by atoms with Crippen molar-refractivity contribution in [2.24, 2.45) is 0 Å². The van der Waals surface area contributed by atoms with Gasteiger partial charge in [0.1, 0.15) is 5.82 Å². The standard InChI is InChI=1S/C24H24FNO5/c1-29-20-10-14(11-21(30-2)24(20)31-3)17-13-22(28)26(16-7-4-6-15(25)12-16)18-8-5-9-19(27)23(17)18/h4,6-7,10-12,17H,5,8-9,13H2,1-3H3. The molecule has 162 valence electrons. The fraction of sp³-hybridized carbons (Fsp3) is 0.333. The van der Waals surface area contributed by atoms with Crippen LogP contribution in [-0.4, -0.2) is 33.0 Å². The summed E-state index contributed by atoms with van der Waals surface area (Å²) >= 11 is 0. The van der Waals surface area contributed by atoms with E-state index in [-0.39, 0.29) is 18.1 Å². The van der Waals surface area contributed by atoms with Crippen molar-refractivity contribution in [3.05, 3.63) is 59.0 Å². The van der Waals surface area contributed by atoms with Crippen molar-refractivity contribution >= 4 is 17.4 Å². The molecule has 0 radical (unpaired) electrons. The zero-order chi connectivity index (χ0) is 22.1. The number of rotatable bonds is 5. The molecule has 2 aromatic carbocycles. The third kappa shape index (κ3) is 3.65. The lowest BCUT2D eigenvalue weighted by Crippen LogP contribution is -2.40. The van der Waals surface area contributed by atoms with E-state index in [9.17, 15) is 14.0 Å². The molecule has 1 aliphatic heterocycles. The molecule has 0 aromatic heterocycles. The highest BCUT2D eigenvalue weighted by atomic mass is 19.1. The van der Waals surface area contributed by atoms with Gasteiger partial charge in [0, 0.05) is 30.0 Å². The second-order valence-electron chi connectivity index (χ2n) is 7.56. The predicted octanol–water partition coefficient (Wildman–Crippen LogP) is 4.38. The van der Waals surface area contributed by atoms with Crippen LogP contribution in [0.1, 0.15) is 37.2 Å². The molecular formula is C24H24FNO5. The summed E-state index contributed by atoms with van der Waals surface area (Å²) in [5, 5.41) is 0. The Kier molecular flexibility index (Phi) is 5.67. The zero-order valence-electron chi connectivity index (χ0n) is 17.7. The van der Waals surface area contributed by atoms with E-state index in [1.54, 1.807) is 24.3 Å². The first-order chi connectivity index (χ1) is 15.0. The van der Waals surface area contributed by atoms with Crippen molar-refractivity contribution in [2.75, 3.05) is 26.2 Å². The molecular weight excluding hydrogens is 401 g/mol. The minimum absolute atomic E-state index is 0.00825. The Hall–Kier alpha value is -3.35. The van der Waals surface area contributed by atoms with Crippen molar-refractivity contribution in [1.29, 1.82) is 0 Å². The molecule has 1 unspecified atom stereocenters. The SMILES string of the molecule is COc1cc(C2CC(=O)N(c3cccc(F)c3)C3=C2C(=O)CCC3)cc(OC)c1OC. The van der Waals surface area contributed by atoms with Crippen LogP contribution in [0.25, 0.3) is 0 Å². The van der Waals surface area contributed by atoms with E-state index in [4.69, 9.17) is 14.2 Å². The van der Waals surface area contributed by atoms with E-state index >= 15 is 0 Å². The molecule has 2 aromatic rings. The lowest BCUT2D eigenvalue weighted by atomic mass is 9.77. The molecule has 0 bridgehead atoms. The van der Waals surface area contributed by atoms with Crippen LogP contribution < -0.4 is 19.1 Å². The van der Waals surface area contributed by atoms with Gasteiger partial charge in [-0.15, -0.1) is 0 Å². The van der Waals surface area contributed by atoms with Gasteiger partial charge in [-0.1, -0.05) is 6.07 Å². The van der Waals surface area contributed by atoms with Crippen molar-refractivity contribution in [2.45, 2.75) is 31.6 Å². The molecule has 1 aliphatic carbocycles. The normalized spacial score (nSPS) is 18.7. The number of hydrogen-bond donors (Lipinski definition) is 0. The number of methoxy groups -OCH3 is 3. The predicted molar refractivity (Wildman–Crippen MR) is 113 cm³/mol. The first kappa shape index (κ1) is 20.9. The van der Waals surface area contributed by atoms with Gasteiger partial charge >= 0.3 is 0 Å². The summed E-state index contributed by atoms with van der Waals surface area (Å²) < 4.78 is 30.2. The van der Waals surface area contributed by atoms with Crippen molar-refractivity contribution in [3.63, 3.8) is 0 Å². The van der Waals surface area contributed by atoms with Crippen molar-refractivity contribution < 1.29 is 28.2 Å². The van der Waals surface area contributed by atoms with Crippen LogP contribution in [0.15, 0.2) is 47.7 Å². The fourth-order valence-corrected chi connectivity index (χ4v) is 4.49. The fourth-order valence-electron chi connectivity index (χ4n) is 4.49. The van der Waals surface area contributed by atoms with E-state index in [2.05, 4.69) is 0 Å². The van der Waals surface area contributed by atoms with Crippen molar-refractivity contribution in [1.82, 2.24) is 0 Å². The number of carbonyl (C=O) groups excluding carboxylic acids is 2. The Bertz CT molecular complexity index is 1050. The van der Waals surface area contributed by atoms with Crippen LogP contribution in [-0.2, 0) is 9.59 Å². The maximum absolute atomic E-state index is 13.9. The number of hydrogen-bond acceptors (Lipinski definition) is 5. The molecule has 0 spiro atoms. The van der Waals surface area contributed by atoms with Gasteiger partial charge in [-0.3, -0.25) is 14.5 Å². The maximum atomic E-state index is 13.9. The number of benzene rings is 2. The third-order valence-electron chi connectivity index (χ3n) is 5.83. The Morgan fingerprint density at radius 2 is 1.68 bits per heavy atom. The van der Waals surface area contributed by atoms with Gasteiger partial charge in [-0.25, -0.2) is 4.39 Å². The number of ether oxygens (including phenoxy) is 3. The van der Waals surface area contributed by atoms with Crippen LogP contribution >= 0.6 is 0 Å². The Balaban J connectivity index is 1.88. The molecule has 31 heavy (non-hydrogen) atoms. The number of allylic oxidation sites excluding steroid dienone is 2. The van der Waals surface area contributed by atoms with Crippen molar-refractivity contribution in [3.8, 4) is 17.2 Å². The summed E-state index contributed by atoms with van der Waals surface area (Å²) in [6.07, 6.45) is 1.73. The number of Topliss-reactive ketones (excluding diaryl/α,β-unsaturated/α-hetero) is 1. The summed E-state index contributed by atoms with van der Waals surface area (Å²) in [5.74, 6) is 0.327. The summed E-state index contributed by atoms with van der Waals surface area (Å²) in [7, 11) is 4.57.